The van der Waals surface area contributed by atoms with Crippen molar-refractivity contribution in [2.45, 2.75) is 44.8 Å². The zero-order valence-electron chi connectivity index (χ0n) is 10.8. The van der Waals surface area contributed by atoms with Crippen molar-refractivity contribution in [1.29, 1.82) is 0 Å². The van der Waals surface area contributed by atoms with Crippen molar-refractivity contribution in [3.8, 4) is 0 Å². The fourth-order valence-electron chi connectivity index (χ4n) is 2.98. The monoisotopic (exact) mass is 237 g/mol. The molecule has 4 nitrogen and oxygen atoms in total. The normalized spacial score (nSPS) is 30.6. The predicted molar refractivity (Wildman–Crippen MR) is 69.9 cm³/mol. The van der Waals surface area contributed by atoms with Crippen molar-refractivity contribution in [1.82, 2.24) is 5.32 Å². The SMILES string of the molecule is C=C(C)CN=C(N)NC1CC(OC)C12CCC2. The van der Waals surface area contributed by atoms with Crippen LogP contribution in [0.5, 0.6) is 0 Å². The Kier molecular flexibility index (Phi) is 3.43. The average Bonchev–Trinajstić information content (AvgIpc) is 2.18. The second kappa shape index (κ2) is 4.69. The Balaban J connectivity index is 1.88. The molecule has 2 saturated carbocycles. The maximum Gasteiger partial charge on any atom is 0.189 e. The van der Waals surface area contributed by atoms with Crippen molar-refractivity contribution >= 4 is 5.96 Å². The summed E-state index contributed by atoms with van der Waals surface area (Å²) in [6.07, 6.45) is 5.25. The molecule has 0 aliphatic heterocycles. The van der Waals surface area contributed by atoms with Crippen LogP contribution in [0.25, 0.3) is 0 Å². The van der Waals surface area contributed by atoms with Crippen molar-refractivity contribution in [2.75, 3.05) is 13.7 Å². The minimum absolute atomic E-state index is 0.331. The van der Waals surface area contributed by atoms with E-state index < -0.39 is 0 Å². The first-order chi connectivity index (χ1) is 8.08. The van der Waals surface area contributed by atoms with Gasteiger partial charge in [-0.05, 0) is 26.2 Å². The number of ether oxygens (including phenoxy) is 1. The standard InChI is InChI=1S/C13H23N3O/c1-9(2)8-15-12(14)16-10-7-11(17-3)13(10)5-4-6-13/h10-11H,1,4-8H2,2-3H3,(H3,14,15,16). The number of nitrogens with one attached hydrogen (secondary N) is 1. The minimum atomic E-state index is 0.331. The fraction of sp³-hybridized carbons (Fsp3) is 0.769. The lowest BCUT2D eigenvalue weighted by Gasteiger charge is -2.60. The molecule has 0 aromatic heterocycles. The maximum atomic E-state index is 5.88. The predicted octanol–water partition coefficient (Wildman–Crippen LogP) is 1.42. The third-order valence-electron chi connectivity index (χ3n) is 4.20. The zero-order chi connectivity index (χ0) is 12.5. The van der Waals surface area contributed by atoms with E-state index in [-0.39, 0.29) is 0 Å². The first kappa shape index (κ1) is 12.4. The van der Waals surface area contributed by atoms with E-state index in [2.05, 4.69) is 16.9 Å². The smallest absolute Gasteiger partial charge is 0.189 e. The molecule has 2 rings (SSSR count). The molecule has 2 aliphatic carbocycles. The number of nitrogens with zero attached hydrogens (tertiary/aromatic N) is 1. The number of hydrogen-bond acceptors (Lipinski definition) is 2. The van der Waals surface area contributed by atoms with Gasteiger partial charge in [-0.3, -0.25) is 0 Å². The van der Waals surface area contributed by atoms with Gasteiger partial charge in [-0.15, -0.1) is 0 Å². The molecular formula is C13H23N3O. The molecule has 0 heterocycles. The van der Waals surface area contributed by atoms with Crippen LogP contribution in [-0.4, -0.2) is 31.8 Å². The lowest BCUT2D eigenvalue weighted by atomic mass is 9.51. The molecule has 0 bridgehead atoms. The molecule has 0 aromatic rings. The van der Waals surface area contributed by atoms with Crippen molar-refractivity contribution in [2.24, 2.45) is 16.1 Å². The van der Waals surface area contributed by atoms with Gasteiger partial charge in [0.2, 0.25) is 0 Å². The van der Waals surface area contributed by atoms with Gasteiger partial charge in [0.25, 0.3) is 0 Å². The summed E-state index contributed by atoms with van der Waals surface area (Å²) >= 11 is 0. The van der Waals surface area contributed by atoms with Crippen molar-refractivity contribution in [3.63, 3.8) is 0 Å². The summed E-state index contributed by atoms with van der Waals surface area (Å²) < 4.78 is 5.52. The van der Waals surface area contributed by atoms with Gasteiger partial charge < -0.3 is 15.8 Å². The Morgan fingerprint density at radius 2 is 2.29 bits per heavy atom. The largest absolute Gasteiger partial charge is 0.381 e. The Morgan fingerprint density at radius 1 is 1.59 bits per heavy atom. The molecule has 2 atom stereocenters. The summed E-state index contributed by atoms with van der Waals surface area (Å²) in [6.45, 7) is 6.37. The van der Waals surface area contributed by atoms with Crippen molar-refractivity contribution < 1.29 is 4.74 Å². The Hall–Kier alpha value is -1.03. The highest BCUT2D eigenvalue weighted by Crippen LogP contribution is 2.56. The topological polar surface area (TPSA) is 59.6 Å². The van der Waals surface area contributed by atoms with Crippen molar-refractivity contribution in [3.05, 3.63) is 12.2 Å². The number of hydrogen-bond donors (Lipinski definition) is 2. The number of rotatable bonds is 4. The molecule has 2 aliphatic rings. The maximum absolute atomic E-state index is 5.88. The van der Waals surface area contributed by atoms with Gasteiger partial charge in [-0.25, -0.2) is 4.99 Å². The lowest BCUT2D eigenvalue weighted by molar-refractivity contribution is -0.156. The second-order valence-electron chi connectivity index (χ2n) is 5.40. The van der Waals surface area contributed by atoms with Crippen LogP contribution in [0.4, 0.5) is 0 Å². The Morgan fingerprint density at radius 3 is 2.76 bits per heavy atom. The van der Waals surface area contributed by atoms with E-state index in [4.69, 9.17) is 10.5 Å². The van der Waals surface area contributed by atoms with Crippen LogP contribution in [0.3, 0.4) is 0 Å². The summed E-state index contributed by atoms with van der Waals surface area (Å²) in [4.78, 5) is 4.26. The van der Waals surface area contributed by atoms with Crippen LogP contribution in [0.2, 0.25) is 0 Å². The highest BCUT2D eigenvalue weighted by Gasteiger charge is 2.58. The van der Waals surface area contributed by atoms with Gasteiger partial charge >= 0.3 is 0 Å². The molecule has 0 aromatic carbocycles. The van der Waals surface area contributed by atoms with Crippen LogP contribution in [0, 0.1) is 5.41 Å². The zero-order valence-corrected chi connectivity index (χ0v) is 10.8. The summed E-state index contributed by atoms with van der Waals surface area (Å²) in [5.74, 6) is 0.541. The fourth-order valence-corrected chi connectivity index (χ4v) is 2.98. The Bertz CT molecular complexity index is 334. The number of methoxy groups -OCH3 is 1. The first-order valence-corrected chi connectivity index (χ1v) is 6.32. The summed E-state index contributed by atoms with van der Waals surface area (Å²) in [5.41, 5.74) is 7.23. The quantitative estimate of drug-likeness (QED) is 0.442. The van der Waals surface area contributed by atoms with E-state index in [0.717, 1.165) is 12.0 Å². The highest BCUT2D eigenvalue weighted by molar-refractivity contribution is 5.78. The molecule has 2 unspecified atom stereocenters. The summed E-state index contributed by atoms with van der Waals surface area (Å²) in [7, 11) is 1.81. The second-order valence-corrected chi connectivity index (χ2v) is 5.40. The van der Waals surface area contributed by atoms with Gasteiger partial charge in [0.1, 0.15) is 0 Å². The summed E-state index contributed by atoms with van der Waals surface area (Å²) in [5, 5.41) is 3.34. The lowest BCUT2D eigenvalue weighted by Crippen LogP contribution is -2.68. The number of guanidine groups is 1. The molecule has 0 radical (unpaired) electrons. The molecule has 4 heteroatoms. The van der Waals surface area contributed by atoms with E-state index in [0.29, 0.717) is 30.1 Å². The molecule has 17 heavy (non-hydrogen) atoms. The van der Waals surface area contributed by atoms with E-state index in [1.54, 1.807) is 7.11 Å². The van der Waals surface area contributed by atoms with Gasteiger partial charge in [0, 0.05) is 18.6 Å². The van der Waals surface area contributed by atoms with E-state index in [1.165, 1.54) is 19.3 Å². The van der Waals surface area contributed by atoms with Crippen LogP contribution < -0.4 is 11.1 Å². The average molecular weight is 237 g/mol. The highest BCUT2D eigenvalue weighted by atomic mass is 16.5. The third kappa shape index (κ3) is 2.18. The first-order valence-electron chi connectivity index (χ1n) is 6.32. The molecule has 96 valence electrons. The molecule has 0 saturated heterocycles. The molecule has 1 spiro atoms. The van der Waals surface area contributed by atoms with Crippen LogP contribution in [0.15, 0.2) is 17.1 Å². The molecule has 0 amide bonds. The van der Waals surface area contributed by atoms with E-state index in [1.807, 2.05) is 6.92 Å². The number of nitrogens with two attached hydrogens (primary N) is 1. The molecule has 3 N–H and O–H groups in total. The third-order valence-corrected chi connectivity index (χ3v) is 4.20. The van der Waals surface area contributed by atoms with E-state index >= 15 is 0 Å². The number of aliphatic imine (C=N–C) groups is 1. The molecule has 2 fully saturated rings. The van der Waals surface area contributed by atoms with Gasteiger partial charge in [-0.2, -0.15) is 0 Å². The van der Waals surface area contributed by atoms with Gasteiger partial charge in [-0.1, -0.05) is 18.6 Å². The van der Waals surface area contributed by atoms with Crippen LogP contribution in [-0.2, 0) is 4.74 Å². The van der Waals surface area contributed by atoms with Gasteiger partial charge in [0.05, 0.1) is 12.6 Å². The van der Waals surface area contributed by atoms with Crippen LogP contribution >= 0.6 is 0 Å². The molecular weight excluding hydrogens is 214 g/mol. The van der Waals surface area contributed by atoms with E-state index in [9.17, 15) is 0 Å². The minimum Gasteiger partial charge on any atom is -0.381 e. The van der Waals surface area contributed by atoms with Crippen LogP contribution in [0.1, 0.15) is 32.6 Å². The summed E-state index contributed by atoms with van der Waals surface area (Å²) in [6, 6.07) is 0.440. The Labute approximate surface area is 103 Å². The van der Waals surface area contributed by atoms with Gasteiger partial charge in [0.15, 0.2) is 5.96 Å².